The molecule has 0 atom stereocenters. The molecule has 0 unspecified atom stereocenters. The van der Waals surface area contributed by atoms with Gasteiger partial charge in [-0.05, 0) is 25.0 Å². The quantitative estimate of drug-likeness (QED) is 0.429. The molecule has 6 nitrogen and oxygen atoms in total. The Balaban J connectivity index is 1.64. The van der Waals surface area contributed by atoms with Crippen molar-refractivity contribution in [3.05, 3.63) is 24.3 Å². The molecule has 1 heterocycles. The summed E-state index contributed by atoms with van der Waals surface area (Å²) in [6.07, 6.45) is 5.41. The monoisotopic (exact) mass is 287 g/mol. The lowest BCUT2D eigenvalue weighted by atomic mass is 10.2. The van der Waals surface area contributed by atoms with Crippen molar-refractivity contribution in [2.75, 3.05) is 23.9 Å². The molecule has 4 N–H and O–H groups in total. The minimum atomic E-state index is 0.410. The minimum Gasteiger partial charge on any atom is -0.376 e. The number of rotatable bonds is 6. The van der Waals surface area contributed by atoms with Crippen molar-refractivity contribution in [1.29, 1.82) is 0 Å². The zero-order valence-electron chi connectivity index (χ0n) is 12.0. The summed E-state index contributed by atoms with van der Waals surface area (Å²) < 4.78 is 5.85. The van der Waals surface area contributed by atoms with E-state index in [4.69, 9.17) is 10.6 Å². The first-order valence-corrected chi connectivity index (χ1v) is 7.45. The van der Waals surface area contributed by atoms with Crippen LogP contribution in [0.2, 0.25) is 0 Å². The van der Waals surface area contributed by atoms with Gasteiger partial charge in [0.15, 0.2) is 0 Å². The summed E-state index contributed by atoms with van der Waals surface area (Å²) in [7, 11) is 0. The number of hydrogen-bond donors (Lipinski definition) is 3. The van der Waals surface area contributed by atoms with Gasteiger partial charge < -0.3 is 10.1 Å². The van der Waals surface area contributed by atoms with Crippen LogP contribution in [-0.2, 0) is 4.74 Å². The van der Waals surface area contributed by atoms with Crippen LogP contribution in [0.4, 0.5) is 11.8 Å². The fraction of sp³-hybridized carbons (Fsp3) is 0.467. The predicted molar refractivity (Wildman–Crippen MR) is 84.0 cm³/mol. The van der Waals surface area contributed by atoms with Crippen LogP contribution in [0.3, 0.4) is 0 Å². The molecule has 3 rings (SSSR count). The van der Waals surface area contributed by atoms with Gasteiger partial charge in [0.25, 0.3) is 0 Å². The lowest BCUT2D eigenvalue weighted by molar-refractivity contribution is 0.0659. The summed E-state index contributed by atoms with van der Waals surface area (Å²) in [4.78, 5) is 8.70. The largest absolute Gasteiger partial charge is 0.376 e. The number of fused-ring (bicyclic) bond motifs is 1. The summed E-state index contributed by atoms with van der Waals surface area (Å²) in [5.41, 5.74) is 3.36. The van der Waals surface area contributed by atoms with Crippen LogP contribution in [0.1, 0.15) is 25.7 Å². The summed E-state index contributed by atoms with van der Waals surface area (Å²) >= 11 is 0. The molecular formula is C15H21N5O. The molecule has 0 spiro atoms. The Morgan fingerprint density at radius 2 is 2.00 bits per heavy atom. The van der Waals surface area contributed by atoms with Crippen LogP contribution >= 0.6 is 0 Å². The number of hydrogen-bond acceptors (Lipinski definition) is 6. The normalized spacial score (nSPS) is 15.5. The van der Waals surface area contributed by atoms with E-state index < -0.39 is 0 Å². The van der Waals surface area contributed by atoms with Gasteiger partial charge in [0.1, 0.15) is 5.82 Å². The number of para-hydroxylation sites is 1. The number of nitrogens with one attached hydrogen (secondary N) is 2. The molecule has 0 saturated heterocycles. The van der Waals surface area contributed by atoms with Crippen molar-refractivity contribution in [3.63, 3.8) is 0 Å². The van der Waals surface area contributed by atoms with Crippen LogP contribution in [0.5, 0.6) is 0 Å². The van der Waals surface area contributed by atoms with Crippen LogP contribution in [-0.4, -0.2) is 29.2 Å². The predicted octanol–water partition coefficient (Wildman–Crippen LogP) is 2.29. The highest BCUT2D eigenvalue weighted by Crippen LogP contribution is 2.22. The van der Waals surface area contributed by atoms with E-state index in [2.05, 4.69) is 20.7 Å². The van der Waals surface area contributed by atoms with Crippen LogP contribution in [0.15, 0.2) is 24.3 Å². The summed E-state index contributed by atoms with van der Waals surface area (Å²) in [6.45, 7) is 1.41. The zero-order valence-corrected chi connectivity index (χ0v) is 12.0. The van der Waals surface area contributed by atoms with E-state index in [1.807, 2.05) is 24.3 Å². The first kappa shape index (κ1) is 14.0. The Bertz CT molecular complexity index is 598. The number of hydrazine groups is 1. The number of nitrogen functional groups attached to an aromatic ring is 1. The third kappa shape index (κ3) is 3.40. The SMILES string of the molecule is NNc1nc(NCCOC2CCCC2)c2ccccc2n1. The van der Waals surface area contributed by atoms with E-state index in [0.29, 0.717) is 18.7 Å². The second-order valence-corrected chi connectivity index (χ2v) is 5.26. The summed E-state index contributed by atoms with van der Waals surface area (Å²) in [5, 5.41) is 4.30. The van der Waals surface area contributed by atoms with E-state index >= 15 is 0 Å². The van der Waals surface area contributed by atoms with Crippen LogP contribution in [0, 0.1) is 0 Å². The molecule has 6 heteroatoms. The lowest BCUT2D eigenvalue weighted by Gasteiger charge is -2.13. The highest BCUT2D eigenvalue weighted by atomic mass is 16.5. The molecule has 21 heavy (non-hydrogen) atoms. The molecule has 1 fully saturated rings. The first-order valence-electron chi connectivity index (χ1n) is 7.45. The Labute approximate surface area is 124 Å². The maximum absolute atomic E-state index is 5.85. The average molecular weight is 287 g/mol. The van der Waals surface area contributed by atoms with Crippen molar-refractivity contribution in [2.24, 2.45) is 5.84 Å². The molecule has 1 saturated carbocycles. The molecule has 2 aromatic rings. The average Bonchev–Trinajstić information content (AvgIpc) is 3.04. The number of nitrogens with zero attached hydrogens (tertiary/aromatic N) is 2. The Kier molecular flexibility index (Phi) is 4.47. The third-order valence-electron chi connectivity index (χ3n) is 3.78. The minimum absolute atomic E-state index is 0.410. The van der Waals surface area contributed by atoms with Gasteiger partial charge >= 0.3 is 0 Å². The van der Waals surface area contributed by atoms with Gasteiger partial charge in [0.05, 0.1) is 18.2 Å². The second-order valence-electron chi connectivity index (χ2n) is 5.26. The van der Waals surface area contributed by atoms with Gasteiger partial charge in [-0.15, -0.1) is 0 Å². The zero-order chi connectivity index (χ0) is 14.5. The third-order valence-corrected chi connectivity index (χ3v) is 3.78. The van der Waals surface area contributed by atoms with Gasteiger partial charge in [0.2, 0.25) is 5.95 Å². The number of benzene rings is 1. The maximum atomic E-state index is 5.85. The number of ether oxygens (including phenoxy) is 1. The first-order chi connectivity index (χ1) is 10.4. The highest BCUT2D eigenvalue weighted by Gasteiger charge is 2.14. The fourth-order valence-electron chi connectivity index (χ4n) is 2.73. The fourth-order valence-corrected chi connectivity index (χ4v) is 2.73. The van der Waals surface area contributed by atoms with E-state index in [1.165, 1.54) is 25.7 Å². The van der Waals surface area contributed by atoms with Crippen LogP contribution < -0.4 is 16.6 Å². The van der Waals surface area contributed by atoms with Crippen LogP contribution in [0.25, 0.3) is 10.9 Å². The van der Waals surface area contributed by atoms with E-state index in [1.54, 1.807) is 0 Å². The Hall–Kier alpha value is -1.92. The highest BCUT2D eigenvalue weighted by molar-refractivity contribution is 5.89. The van der Waals surface area contributed by atoms with Gasteiger partial charge in [-0.3, -0.25) is 5.43 Å². The Morgan fingerprint density at radius 1 is 1.19 bits per heavy atom. The molecule has 1 aromatic heterocycles. The van der Waals surface area contributed by atoms with Crippen molar-refractivity contribution >= 4 is 22.7 Å². The van der Waals surface area contributed by atoms with Gasteiger partial charge in [0, 0.05) is 11.9 Å². The topological polar surface area (TPSA) is 85.1 Å². The van der Waals surface area contributed by atoms with Crippen molar-refractivity contribution in [1.82, 2.24) is 9.97 Å². The summed E-state index contributed by atoms with van der Waals surface area (Å²) in [6, 6.07) is 7.86. The summed E-state index contributed by atoms with van der Waals surface area (Å²) in [5.74, 6) is 6.61. The van der Waals surface area contributed by atoms with E-state index in [0.717, 1.165) is 23.3 Å². The molecule has 1 aromatic carbocycles. The molecular weight excluding hydrogens is 266 g/mol. The van der Waals surface area contributed by atoms with Crippen molar-refractivity contribution in [2.45, 2.75) is 31.8 Å². The molecule has 0 bridgehead atoms. The molecule has 0 radical (unpaired) electrons. The van der Waals surface area contributed by atoms with Gasteiger partial charge in [-0.2, -0.15) is 4.98 Å². The van der Waals surface area contributed by atoms with E-state index in [9.17, 15) is 0 Å². The molecule has 1 aliphatic carbocycles. The molecule has 0 aliphatic heterocycles. The van der Waals surface area contributed by atoms with Crippen molar-refractivity contribution < 1.29 is 4.74 Å². The number of nitrogens with two attached hydrogens (primary N) is 1. The standard InChI is InChI=1S/C15H21N5O/c16-20-15-18-13-8-4-3-7-12(13)14(19-15)17-9-10-21-11-5-1-2-6-11/h3-4,7-8,11H,1-2,5-6,9-10,16H2,(H2,17,18,19,20). The number of anilines is 2. The van der Waals surface area contributed by atoms with Crippen molar-refractivity contribution in [3.8, 4) is 0 Å². The Morgan fingerprint density at radius 3 is 2.81 bits per heavy atom. The molecule has 0 amide bonds. The maximum Gasteiger partial charge on any atom is 0.239 e. The molecule has 112 valence electrons. The van der Waals surface area contributed by atoms with Gasteiger partial charge in [-0.25, -0.2) is 10.8 Å². The second kappa shape index (κ2) is 6.69. The molecule has 1 aliphatic rings. The lowest BCUT2D eigenvalue weighted by Crippen LogP contribution is -2.17. The number of aromatic nitrogens is 2. The van der Waals surface area contributed by atoms with Gasteiger partial charge in [-0.1, -0.05) is 25.0 Å². The van der Waals surface area contributed by atoms with E-state index in [-0.39, 0.29) is 0 Å². The smallest absolute Gasteiger partial charge is 0.239 e.